The highest BCUT2D eigenvalue weighted by Crippen LogP contribution is 2.51. The second-order valence-corrected chi connectivity index (χ2v) is 16.7. The van der Waals surface area contributed by atoms with E-state index in [-0.39, 0.29) is 28.4 Å². The summed E-state index contributed by atoms with van der Waals surface area (Å²) in [5.41, 5.74) is 1.35. The van der Waals surface area contributed by atoms with E-state index in [2.05, 4.69) is 20.7 Å². The van der Waals surface area contributed by atoms with Crippen molar-refractivity contribution in [3.8, 4) is 5.75 Å². The average Bonchev–Trinajstić information content (AvgIpc) is 3.18. The SMILES string of the molecule is C[C@@H]1[C@@H](C)C/C=C/[C@@](O)(c2cnccc2F)[C@@H]2CC[C@H]2CN2C[C@@]3(CCCc4cc(Cl)ccc43)COc3ccc(cc32)C(=O)NS1(=O)=O. The third-order valence-electron chi connectivity index (χ3n) is 11.3. The molecule has 0 saturated heterocycles. The standard InChI is InChI=1S/C37H41ClFN3O5S/c1-23-5-3-15-37(44,31-19-40-16-13-32(31)39)30-10-7-27(30)20-42-21-36(14-4-6-25-17-28(38)9-11-29(25)36)22-47-34-12-8-26(18-33(34)42)35(43)41-48(45,46)24(23)2/h3,8-9,11-13,15-19,23-24,27,30,44H,4-7,10,14,20-22H2,1-2H3,(H,41,43)/b15-3+/t23-,24+,27-,30+,36-,37-/m0/s1. The molecule has 1 amide bonds. The van der Waals surface area contributed by atoms with Crippen molar-refractivity contribution in [3.63, 3.8) is 0 Å². The van der Waals surface area contributed by atoms with Gasteiger partial charge in [0.2, 0.25) is 10.0 Å². The fourth-order valence-corrected chi connectivity index (χ4v) is 9.71. The molecule has 1 aromatic heterocycles. The zero-order valence-electron chi connectivity index (χ0n) is 27.2. The van der Waals surface area contributed by atoms with E-state index < -0.39 is 38.5 Å². The number of carbonyl (C=O) groups is 1. The molecular formula is C37H41ClFN3O5S. The van der Waals surface area contributed by atoms with Crippen LogP contribution in [0.25, 0.3) is 0 Å². The summed E-state index contributed by atoms with van der Waals surface area (Å²) in [4.78, 5) is 19.9. The van der Waals surface area contributed by atoms with Crippen molar-refractivity contribution in [2.45, 2.75) is 68.6 Å². The van der Waals surface area contributed by atoms with Gasteiger partial charge in [-0.05, 0) is 105 Å². The maximum atomic E-state index is 15.4. The first-order valence-corrected chi connectivity index (χ1v) is 18.7. The first-order valence-electron chi connectivity index (χ1n) is 16.8. The van der Waals surface area contributed by atoms with E-state index in [1.54, 1.807) is 44.2 Å². The highest BCUT2D eigenvalue weighted by Gasteiger charge is 2.50. The summed E-state index contributed by atoms with van der Waals surface area (Å²) in [6.45, 7) is 4.85. The first kappa shape index (κ1) is 33.0. The molecule has 2 aromatic carbocycles. The molecule has 1 spiro atoms. The largest absolute Gasteiger partial charge is 0.490 e. The van der Waals surface area contributed by atoms with Gasteiger partial charge in [-0.1, -0.05) is 36.7 Å². The Morgan fingerprint density at radius 2 is 1.96 bits per heavy atom. The molecule has 11 heteroatoms. The second-order valence-electron chi connectivity index (χ2n) is 14.2. The van der Waals surface area contributed by atoms with Crippen molar-refractivity contribution in [2.24, 2.45) is 17.8 Å². The Morgan fingerprint density at radius 1 is 1.12 bits per heavy atom. The second kappa shape index (κ2) is 12.4. The minimum Gasteiger partial charge on any atom is -0.490 e. The number of halogens is 2. The Bertz CT molecular complexity index is 1890. The normalized spacial score (nSPS) is 32.1. The van der Waals surface area contributed by atoms with Crippen LogP contribution in [0.2, 0.25) is 5.02 Å². The molecule has 6 atom stereocenters. The van der Waals surface area contributed by atoms with Crippen LogP contribution in [-0.2, 0) is 27.5 Å². The van der Waals surface area contributed by atoms with Gasteiger partial charge < -0.3 is 14.7 Å². The molecule has 48 heavy (non-hydrogen) atoms. The first-order chi connectivity index (χ1) is 22.9. The van der Waals surface area contributed by atoms with Gasteiger partial charge in [0.05, 0.1) is 17.5 Å². The number of aromatic nitrogens is 1. The van der Waals surface area contributed by atoms with E-state index in [0.717, 1.165) is 25.7 Å². The van der Waals surface area contributed by atoms with Crippen LogP contribution in [0.1, 0.15) is 73.0 Å². The number of anilines is 1. The fraction of sp³-hybridized carbons (Fsp3) is 0.459. The summed E-state index contributed by atoms with van der Waals surface area (Å²) in [5, 5.41) is 12.2. The monoisotopic (exact) mass is 693 g/mol. The van der Waals surface area contributed by atoms with Gasteiger partial charge >= 0.3 is 0 Å². The molecule has 1 fully saturated rings. The number of aryl methyl sites for hydroxylation is 1. The number of sulfonamides is 1. The summed E-state index contributed by atoms with van der Waals surface area (Å²) in [7, 11) is -4.05. The van der Waals surface area contributed by atoms with Crippen molar-refractivity contribution in [1.82, 2.24) is 9.71 Å². The quantitative estimate of drug-likeness (QED) is 0.288. The van der Waals surface area contributed by atoms with Gasteiger partial charge in [0.15, 0.2) is 0 Å². The Labute approximate surface area is 286 Å². The van der Waals surface area contributed by atoms with Crippen LogP contribution in [-0.4, -0.2) is 49.4 Å². The number of fused-ring (bicyclic) bond motifs is 4. The summed E-state index contributed by atoms with van der Waals surface area (Å²) in [5.74, 6) is -1.40. The van der Waals surface area contributed by atoms with Gasteiger partial charge in [-0.15, -0.1) is 0 Å². The molecule has 4 aliphatic rings. The predicted octanol–water partition coefficient (Wildman–Crippen LogP) is 6.31. The number of hydrogen-bond donors (Lipinski definition) is 2. The third kappa shape index (κ3) is 5.79. The van der Waals surface area contributed by atoms with Gasteiger partial charge in [0, 0.05) is 53.0 Å². The zero-order valence-corrected chi connectivity index (χ0v) is 28.7. The van der Waals surface area contributed by atoms with Crippen molar-refractivity contribution >= 4 is 33.2 Å². The maximum Gasteiger partial charge on any atom is 0.264 e. The number of aliphatic hydroxyl groups is 1. The number of ether oxygens (including phenoxy) is 1. The molecule has 8 nitrogen and oxygen atoms in total. The van der Waals surface area contributed by atoms with E-state index in [1.807, 2.05) is 12.1 Å². The maximum absolute atomic E-state index is 15.4. The number of carbonyl (C=O) groups excluding carboxylic acids is 1. The van der Waals surface area contributed by atoms with Crippen molar-refractivity contribution in [1.29, 1.82) is 0 Å². The number of benzene rings is 2. The summed E-state index contributed by atoms with van der Waals surface area (Å²) in [6, 6.07) is 12.4. The van der Waals surface area contributed by atoms with Crippen LogP contribution in [0, 0.1) is 23.6 Å². The summed E-state index contributed by atoms with van der Waals surface area (Å²) < 4.78 is 51.1. The van der Waals surface area contributed by atoms with Crippen LogP contribution in [0.4, 0.5) is 10.1 Å². The highest BCUT2D eigenvalue weighted by atomic mass is 35.5. The average molecular weight is 694 g/mol. The molecule has 2 N–H and O–H groups in total. The molecule has 7 rings (SSSR count). The molecule has 2 aliphatic carbocycles. The fourth-order valence-electron chi connectivity index (χ4n) is 8.23. The van der Waals surface area contributed by atoms with E-state index in [9.17, 15) is 18.3 Å². The molecule has 1 saturated carbocycles. The third-order valence-corrected chi connectivity index (χ3v) is 13.5. The minimum atomic E-state index is -4.05. The zero-order chi connectivity index (χ0) is 33.8. The van der Waals surface area contributed by atoms with Crippen molar-refractivity contribution < 1.29 is 27.4 Å². The van der Waals surface area contributed by atoms with Crippen LogP contribution < -0.4 is 14.4 Å². The molecular weight excluding hydrogens is 653 g/mol. The molecule has 254 valence electrons. The molecule has 3 aromatic rings. The predicted molar refractivity (Wildman–Crippen MR) is 183 cm³/mol. The van der Waals surface area contributed by atoms with E-state index in [4.69, 9.17) is 16.3 Å². The Balaban J connectivity index is 1.36. The molecule has 2 aliphatic heterocycles. The number of rotatable bonds is 1. The van der Waals surface area contributed by atoms with Gasteiger partial charge in [-0.25, -0.2) is 17.5 Å². The van der Waals surface area contributed by atoms with Crippen LogP contribution in [0.5, 0.6) is 5.75 Å². The number of nitrogens with one attached hydrogen (secondary N) is 1. The molecule has 3 heterocycles. The number of pyridine rings is 1. The van der Waals surface area contributed by atoms with Crippen LogP contribution >= 0.6 is 11.6 Å². The van der Waals surface area contributed by atoms with Gasteiger partial charge in [-0.3, -0.25) is 9.78 Å². The van der Waals surface area contributed by atoms with E-state index in [1.165, 1.54) is 29.6 Å². The summed E-state index contributed by atoms with van der Waals surface area (Å²) >= 11 is 6.42. The number of nitrogens with zero attached hydrogens (tertiary/aromatic N) is 2. The molecule has 0 unspecified atom stereocenters. The van der Waals surface area contributed by atoms with Crippen molar-refractivity contribution in [3.05, 3.63) is 100 Å². The molecule has 0 radical (unpaired) electrons. The number of hydrogen-bond acceptors (Lipinski definition) is 7. The lowest BCUT2D eigenvalue weighted by molar-refractivity contribution is -0.0524. The Kier molecular flexibility index (Phi) is 8.57. The topological polar surface area (TPSA) is 109 Å². The Morgan fingerprint density at radius 3 is 2.73 bits per heavy atom. The van der Waals surface area contributed by atoms with Gasteiger partial charge in [0.25, 0.3) is 5.91 Å². The van der Waals surface area contributed by atoms with Gasteiger partial charge in [-0.2, -0.15) is 0 Å². The lowest BCUT2D eigenvalue weighted by Gasteiger charge is -2.49. The lowest BCUT2D eigenvalue weighted by atomic mass is 9.62. The van der Waals surface area contributed by atoms with E-state index >= 15 is 4.39 Å². The Hall–Kier alpha value is -3.47. The minimum absolute atomic E-state index is 0.0300. The van der Waals surface area contributed by atoms with Crippen LogP contribution in [0.15, 0.2) is 67.0 Å². The highest BCUT2D eigenvalue weighted by molar-refractivity contribution is 7.90. The van der Waals surface area contributed by atoms with E-state index in [0.29, 0.717) is 49.0 Å². The smallest absolute Gasteiger partial charge is 0.264 e. The number of amides is 1. The lowest BCUT2D eigenvalue weighted by Crippen LogP contribution is -2.51. The number of allylic oxidation sites excluding steroid dienone is 1. The summed E-state index contributed by atoms with van der Waals surface area (Å²) in [6.07, 6.45) is 10.7. The molecule has 2 bridgehead atoms. The van der Waals surface area contributed by atoms with Crippen LogP contribution in [0.3, 0.4) is 0 Å². The van der Waals surface area contributed by atoms with Crippen molar-refractivity contribution in [2.75, 3.05) is 24.6 Å². The van der Waals surface area contributed by atoms with Gasteiger partial charge in [0.1, 0.15) is 17.2 Å².